The van der Waals surface area contributed by atoms with Gasteiger partial charge in [0.1, 0.15) is 5.76 Å². The number of azo groups is 1. The lowest BCUT2D eigenvalue weighted by atomic mass is 10.0. The average Bonchev–Trinajstić information content (AvgIpc) is 2.49. The van der Waals surface area contributed by atoms with E-state index in [1.807, 2.05) is 62.4 Å². The monoisotopic (exact) mass is 272 g/mol. The van der Waals surface area contributed by atoms with Crippen molar-refractivity contribution in [1.29, 1.82) is 0 Å². The van der Waals surface area contributed by atoms with Gasteiger partial charge in [-0.2, -0.15) is 5.11 Å². The molecule has 0 amide bonds. The largest absolute Gasteiger partial charge is 0.494 e. The van der Waals surface area contributed by atoms with Crippen molar-refractivity contribution < 1.29 is 9.47 Å². The van der Waals surface area contributed by atoms with Gasteiger partial charge in [-0.1, -0.05) is 18.2 Å². The highest BCUT2D eigenvalue weighted by Crippen LogP contribution is 2.28. The molecule has 0 fully saturated rings. The number of hydrogen-bond acceptors (Lipinski definition) is 4. The summed E-state index contributed by atoms with van der Waals surface area (Å²) in [7, 11) is 0. The fraction of sp³-hybridized carbons (Fsp3) is 0.375. The van der Waals surface area contributed by atoms with Crippen LogP contribution in [0.15, 0.2) is 64.5 Å². The maximum atomic E-state index is 5.77. The van der Waals surface area contributed by atoms with Crippen molar-refractivity contribution in [3.63, 3.8) is 0 Å². The molecule has 1 aromatic rings. The molecule has 20 heavy (non-hydrogen) atoms. The molecular weight excluding hydrogens is 252 g/mol. The summed E-state index contributed by atoms with van der Waals surface area (Å²) >= 11 is 0. The van der Waals surface area contributed by atoms with E-state index in [-0.39, 0.29) is 0 Å². The first-order valence-electron chi connectivity index (χ1n) is 6.92. The topological polar surface area (TPSA) is 43.2 Å². The van der Waals surface area contributed by atoms with Gasteiger partial charge < -0.3 is 9.47 Å². The van der Waals surface area contributed by atoms with Crippen molar-refractivity contribution in [1.82, 2.24) is 0 Å². The molecule has 0 radical (unpaired) electrons. The number of benzene rings is 1. The fourth-order valence-electron chi connectivity index (χ4n) is 1.97. The number of allylic oxidation sites excluding steroid dienone is 1. The van der Waals surface area contributed by atoms with Gasteiger partial charge in [0.15, 0.2) is 0 Å². The number of ether oxygens (including phenoxy) is 2. The predicted octanol–water partition coefficient (Wildman–Crippen LogP) is 4.38. The van der Waals surface area contributed by atoms with Crippen LogP contribution in [0.1, 0.15) is 20.3 Å². The Balaban J connectivity index is 2.12. The van der Waals surface area contributed by atoms with Gasteiger partial charge in [0.05, 0.1) is 12.3 Å². The van der Waals surface area contributed by atoms with E-state index in [1.165, 1.54) is 0 Å². The van der Waals surface area contributed by atoms with Crippen molar-refractivity contribution in [2.75, 3.05) is 13.2 Å². The number of rotatable bonds is 6. The molecule has 0 N–H and O–H groups in total. The Morgan fingerprint density at radius 1 is 1.15 bits per heavy atom. The maximum absolute atomic E-state index is 5.77. The normalized spacial score (nSPS) is 22.0. The van der Waals surface area contributed by atoms with Gasteiger partial charge in [0.2, 0.25) is 5.72 Å². The van der Waals surface area contributed by atoms with Crippen molar-refractivity contribution >= 4 is 5.69 Å². The van der Waals surface area contributed by atoms with Gasteiger partial charge in [-0.25, -0.2) is 0 Å². The molecule has 1 aromatic carbocycles. The summed E-state index contributed by atoms with van der Waals surface area (Å²) in [5, 5.41) is 8.66. The molecule has 1 aliphatic rings. The Morgan fingerprint density at radius 2 is 1.95 bits per heavy atom. The number of hydrogen-bond donors (Lipinski definition) is 0. The smallest absolute Gasteiger partial charge is 0.202 e. The standard InChI is InChI=1S/C16H20N2O2/c1-3-19-15-10-12-16(13-11-15,20-4-2)18-17-14-8-6-5-7-9-14/h5-12H,3-4,13H2,1-2H3. The van der Waals surface area contributed by atoms with Crippen molar-refractivity contribution in [2.24, 2.45) is 10.2 Å². The van der Waals surface area contributed by atoms with E-state index in [4.69, 9.17) is 9.47 Å². The van der Waals surface area contributed by atoms with Crippen LogP contribution in [0.2, 0.25) is 0 Å². The summed E-state index contributed by atoms with van der Waals surface area (Å²) in [5.41, 5.74) is 0.102. The Kier molecular flexibility index (Phi) is 5.07. The third kappa shape index (κ3) is 3.78. The highest BCUT2D eigenvalue weighted by Gasteiger charge is 2.29. The molecule has 1 atom stereocenters. The third-order valence-electron chi connectivity index (χ3n) is 2.90. The third-order valence-corrected chi connectivity index (χ3v) is 2.90. The first-order valence-corrected chi connectivity index (χ1v) is 6.92. The zero-order valence-electron chi connectivity index (χ0n) is 12.0. The molecule has 1 aliphatic carbocycles. The van der Waals surface area contributed by atoms with E-state index >= 15 is 0 Å². The summed E-state index contributed by atoms with van der Waals surface area (Å²) in [6.45, 7) is 5.16. The van der Waals surface area contributed by atoms with Crippen molar-refractivity contribution in [2.45, 2.75) is 26.0 Å². The van der Waals surface area contributed by atoms with Crippen LogP contribution in [0.4, 0.5) is 5.69 Å². The molecule has 0 saturated heterocycles. The van der Waals surface area contributed by atoms with E-state index in [0.29, 0.717) is 19.6 Å². The van der Waals surface area contributed by atoms with Crippen LogP contribution in [0, 0.1) is 0 Å². The van der Waals surface area contributed by atoms with Crippen LogP contribution in [-0.4, -0.2) is 18.9 Å². The lowest BCUT2D eigenvalue weighted by molar-refractivity contribution is 0.000741. The summed E-state index contributed by atoms with van der Waals surface area (Å²) in [5.74, 6) is 0.859. The number of nitrogens with zero attached hydrogens (tertiary/aromatic N) is 2. The van der Waals surface area contributed by atoms with Gasteiger partial charge >= 0.3 is 0 Å². The van der Waals surface area contributed by atoms with Gasteiger partial charge in [0.25, 0.3) is 0 Å². The van der Waals surface area contributed by atoms with Crippen LogP contribution >= 0.6 is 0 Å². The summed E-state index contributed by atoms with van der Waals surface area (Å²) in [4.78, 5) is 0. The molecule has 0 heterocycles. The van der Waals surface area contributed by atoms with E-state index in [2.05, 4.69) is 10.2 Å². The lowest BCUT2D eigenvalue weighted by Gasteiger charge is -2.26. The second kappa shape index (κ2) is 7.01. The average molecular weight is 272 g/mol. The second-order valence-electron chi connectivity index (χ2n) is 4.39. The molecule has 106 valence electrons. The minimum absolute atomic E-state index is 0.579. The Hall–Kier alpha value is -1.94. The molecule has 0 aliphatic heterocycles. The molecule has 4 heteroatoms. The maximum Gasteiger partial charge on any atom is 0.202 e. The van der Waals surface area contributed by atoms with Crippen LogP contribution in [0.3, 0.4) is 0 Å². The van der Waals surface area contributed by atoms with Crippen molar-refractivity contribution in [3.8, 4) is 0 Å². The van der Waals surface area contributed by atoms with Crippen LogP contribution < -0.4 is 0 Å². The summed E-state index contributed by atoms with van der Waals surface area (Å²) in [6.07, 6.45) is 6.42. The first-order chi connectivity index (χ1) is 9.78. The predicted molar refractivity (Wildman–Crippen MR) is 78.8 cm³/mol. The van der Waals surface area contributed by atoms with Crippen LogP contribution in [0.25, 0.3) is 0 Å². The zero-order valence-corrected chi connectivity index (χ0v) is 12.0. The van der Waals surface area contributed by atoms with E-state index in [0.717, 1.165) is 11.4 Å². The molecule has 0 saturated carbocycles. The Morgan fingerprint density at radius 3 is 2.55 bits per heavy atom. The van der Waals surface area contributed by atoms with Crippen LogP contribution in [0.5, 0.6) is 0 Å². The van der Waals surface area contributed by atoms with Gasteiger partial charge in [-0.15, -0.1) is 5.11 Å². The quantitative estimate of drug-likeness (QED) is 0.721. The molecular formula is C16H20N2O2. The Bertz CT molecular complexity index is 508. The van der Waals surface area contributed by atoms with E-state index in [9.17, 15) is 0 Å². The highest BCUT2D eigenvalue weighted by atomic mass is 16.5. The summed E-state index contributed by atoms with van der Waals surface area (Å²) < 4.78 is 11.2. The molecule has 4 nitrogen and oxygen atoms in total. The van der Waals surface area contributed by atoms with Gasteiger partial charge in [0, 0.05) is 13.0 Å². The highest BCUT2D eigenvalue weighted by molar-refractivity contribution is 5.35. The van der Waals surface area contributed by atoms with Crippen molar-refractivity contribution in [3.05, 3.63) is 54.3 Å². The molecule has 0 spiro atoms. The minimum Gasteiger partial charge on any atom is -0.494 e. The molecule has 1 unspecified atom stereocenters. The van der Waals surface area contributed by atoms with Crippen LogP contribution in [-0.2, 0) is 9.47 Å². The SMILES string of the molecule is CCOC1=CCC(N=Nc2ccccc2)(OCC)C=C1. The molecule has 0 aromatic heterocycles. The molecule has 2 rings (SSSR count). The van der Waals surface area contributed by atoms with E-state index < -0.39 is 5.72 Å². The summed E-state index contributed by atoms with van der Waals surface area (Å²) in [6, 6.07) is 9.65. The fourth-order valence-corrected chi connectivity index (χ4v) is 1.97. The zero-order chi connectivity index (χ0) is 14.3. The first kappa shape index (κ1) is 14.5. The lowest BCUT2D eigenvalue weighted by Crippen LogP contribution is -2.28. The Labute approximate surface area is 119 Å². The van der Waals surface area contributed by atoms with Gasteiger partial charge in [-0.3, -0.25) is 0 Å². The van der Waals surface area contributed by atoms with E-state index in [1.54, 1.807) is 0 Å². The second-order valence-corrected chi connectivity index (χ2v) is 4.39. The van der Waals surface area contributed by atoms with Gasteiger partial charge in [-0.05, 0) is 44.2 Å². The molecule has 0 bridgehead atoms. The minimum atomic E-state index is -0.717.